The van der Waals surface area contributed by atoms with E-state index in [-0.39, 0.29) is 11.2 Å². The van der Waals surface area contributed by atoms with E-state index in [0.29, 0.717) is 10.9 Å². The molecule has 2 aromatic carbocycles. The van der Waals surface area contributed by atoms with Gasteiger partial charge in [0.15, 0.2) is 17.4 Å². The molecule has 1 N–H and O–H groups in total. The molecule has 0 fully saturated rings. The van der Waals surface area contributed by atoms with E-state index >= 15 is 0 Å². The van der Waals surface area contributed by atoms with Crippen molar-refractivity contribution < 1.29 is 13.5 Å². The van der Waals surface area contributed by atoms with Crippen LogP contribution in [0.5, 0.6) is 5.75 Å². The summed E-state index contributed by atoms with van der Waals surface area (Å²) < 4.78 is 34.8. The fourth-order valence-corrected chi connectivity index (χ4v) is 2.55. The summed E-state index contributed by atoms with van der Waals surface area (Å²) >= 11 is 0. The van der Waals surface area contributed by atoms with Crippen molar-refractivity contribution >= 4 is 10.9 Å². The van der Waals surface area contributed by atoms with Crippen molar-refractivity contribution in [1.82, 2.24) is 9.13 Å². The average molecular weight is 317 g/mol. The van der Waals surface area contributed by atoms with Crippen LogP contribution in [0.15, 0.2) is 41.2 Å². The summed E-state index contributed by atoms with van der Waals surface area (Å²) in [5, 5.41) is 8.72. The number of aromatic nitrogens is 2. The number of nitrogens with zero attached hydrogens (tertiary/aromatic N) is 2. The van der Waals surface area contributed by atoms with E-state index in [4.69, 9.17) is 5.41 Å². The number of ether oxygens (including phenoxy) is 1. The third kappa shape index (κ3) is 2.21. The van der Waals surface area contributed by atoms with Crippen molar-refractivity contribution in [3.8, 4) is 11.4 Å². The number of fused-ring (bicyclic) bond motifs is 1. The lowest BCUT2D eigenvalue weighted by atomic mass is 10.2. The fourth-order valence-electron chi connectivity index (χ4n) is 2.55. The summed E-state index contributed by atoms with van der Waals surface area (Å²) in [5.74, 6) is -2.41. The topological polar surface area (TPSA) is 60.0 Å². The smallest absolute Gasteiger partial charge is 0.334 e. The number of para-hydroxylation sites is 1. The van der Waals surface area contributed by atoms with Gasteiger partial charge in [-0.05, 0) is 12.1 Å². The minimum atomic E-state index is -0.940. The zero-order chi connectivity index (χ0) is 16.7. The number of rotatable bonds is 2. The van der Waals surface area contributed by atoms with Crippen molar-refractivity contribution in [1.29, 1.82) is 5.41 Å². The first-order valence-electron chi connectivity index (χ1n) is 6.74. The van der Waals surface area contributed by atoms with Gasteiger partial charge < -0.3 is 4.74 Å². The van der Waals surface area contributed by atoms with Crippen LogP contribution in [0.4, 0.5) is 8.78 Å². The van der Waals surface area contributed by atoms with Crippen LogP contribution in [-0.4, -0.2) is 16.2 Å². The predicted octanol–water partition coefficient (Wildman–Crippen LogP) is 2.10. The van der Waals surface area contributed by atoms with Gasteiger partial charge in [-0.1, -0.05) is 12.1 Å². The van der Waals surface area contributed by atoms with E-state index in [0.717, 1.165) is 23.8 Å². The maximum atomic E-state index is 13.9. The Morgan fingerprint density at radius 3 is 2.35 bits per heavy atom. The Kier molecular flexibility index (Phi) is 3.48. The molecule has 3 aromatic rings. The summed E-state index contributed by atoms with van der Waals surface area (Å²) in [6.45, 7) is 0. The maximum Gasteiger partial charge on any atom is 0.334 e. The van der Waals surface area contributed by atoms with E-state index < -0.39 is 23.1 Å². The van der Waals surface area contributed by atoms with Crippen molar-refractivity contribution in [2.24, 2.45) is 7.05 Å². The number of methoxy groups -OCH3 is 1. The highest BCUT2D eigenvalue weighted by atomic mass is 19.1. The molecule has 0 spiro atoms. The maximum absolute atomic E-state index is 13.9. The minimum Gasteiger partial charge on any atom is -0.491 e. The summed E-state index contributed by atoms with van der Waals surface area (Å²) in [5.41, 5.74) is -0.226. The Labute approximate surface area is 129 Å². The van der Waals surface area contributed by atoms with Crippen LogP contribution >= 0.6 is 0 Å². The second kappa shape index (κ2) is 5.35. The Bertz CT molecular complexity index is 1010. The van der Waals surface area contributed by atoms with Crippen LogP contribution in [0.2, 0.25) is 0 Å². The number of aryl methyl sites for hydroxylation is 1. The third-order valence-corrected chi connectivity index (χ3v) is 3.67. The van der Waals surface area contributed by atoms with E-state index in [1.165, 1.54) is 11.6 Å². The standard InChI is InChI=1S/C16H13F2N3O2/c1-20-13-6-4-3-5-10(13)15(19)21(16(20)22)9-7-11(17)14(23-2)12(18)8-9/h3-8,19H,1-2H3. The van der Waals surface area contributed by atoms with Crippen LogP contribution in [0, 0.1) is 17.0 Å². The molecule has 7 heteroatoms. The highest BCUT2D eigenvalue weighted by Crippen LogP contribution is 2.23. The Hall–Kier alpha value is -2.96. The van der Waals surface area contributed by atoms with Gasteiger partial charge in [0.2, 0.25) is 0 Å². The number of benzene rings is 2. The van der Waals surface area contributed by atoms with Gasteiger partial charge >= 0.3 is 5.69 Å². The van der Waals surface area contributed by atoms with E-state index in [2.05, 4.69) is 4.74 Å². The van der Waals surface area contributed by atoms with Gasteiger partial charge in [-0.15, -0.1) is 0 Å². The van der Waals surface area contributed by atoms with Crippen LogP contribution < -0.4 is 15.9 Å². The van der Waals surface area contributed by atoms with Crippen LogP contribution in [0.25, 0.3) is 16.6 Å². The van der Waals surface area contributed by atoms with Gasteiger partial charge in [0.25, 0.3) is 0 Å². The molecule has 0 aliphatic rings. The molecule has 0 saturated carbocycles. The van der Waals surface area contributed by atoms with Crippen LogP contribution in [0.1, 0.15) is 0 Å². The number of hydrogen-bond acceptors (Lipinski definition) is 3. The average Bonchev–Trinajstić information content (AvgIpc) is 2.53. The highest BCUT2D eigenvalue weighted by Gasteiger charge is 2.16. The molecule has 0 radical (unpaired) electrons. The zero-order valence-electron chi connectivity index (χ0n) is 12.4. The monoisotopic (exact) mass is 317 g/mol. The molecule has 0 amide bonds. The normalized spacial score (nSPS) is 11.0. The van der Waals surface area contributed by atoms with Crippen LogP contribution in [-0.2, 0) is 7.05 Å². The molecule has 0 bridgehead atoms. The molecule has 0 aliphatic heterocycles. The van der Waals surface area contributed by atoms with E-state index in [9.17, 15) is 13.6 Å². The minimum absolute atomic E-state index is 0.0721. The lowest BCUT2D eigenvalue weighted by Gasteiger charge is -2.13. The van der Waals surface area contributed by atoms with E-state index in [1.807, 2.05) is 0 Å². The van der Waals surface area contributed by atoms with Gasteiger partial charge in [0.05, 0.1) is 18.3 Å². The summed E-state index contributed by atoms with van der Waals surface area (Å²) in [7, 11) is 2.69. The van der Waals surface area contributed by atoms with Crippen molar-refractivity contribution in [3.05, 3.63) is 64.0 Å². The third-order valence-electron chi connectivity index (χ3n) is 3.67. The van der Waals surface area contributed by atoms with Crippen LogP contribution in [0.3, 0.4) is 0 Å². The van der Waals surface area contributed by atoms with Gasteiger partial charge in [0, 0.05) is 24.6 Å². The first kappa shape index (κ1) is 15.0. The van der Waals surface area contributed by atoms with Gasteiger partial charge in [0.1, 0.15) is 5.49 Å². The Balaban J connectivity index is 2.42. The Morgan fingerprint density at radius 1 is 1.13 bits per heavy atom. The summed E-state index contributed by atoms with van der Waals surface area (Å²) in [6.07, 6.45) is 0. The quantitative estimate of drug-likeness (QED) is 0.787. The molecule has 0 saturated heterocycles. The highest BCUT2D eigenvalue weighted by molar-refractivity contribution is 5.77. The van der Waals surface area contributed by atoms with E-state index in [1.54, 1.807) is 24.3 Å². The molecule has 23 heavy (non-hydrogen) atoms. The largest absolute Gasteiger partial charge is 0.491 e. The summed E-state index contributed by atoms with van der Waals surface area (Å²) in [4.78, 5) is 12.5. The molecule has 3 rings (SSSR count). The molecular formula is C16H13F2N3O2. The predicted molar refractivity (Wildman–Crippen MR) is 80.8 cm³/mol. The number of nitrogens with one attached hydrogen (secondary N) is 1. The zero-order valence-corrected chi connectivity index (χ0v) is 12.4. The second-order valence-corrected chi connectivity index (χ2v) is 4.99. The molecule has 0 atom stereocenters. The number of hydrogen-bond donors (Lipinski definition) is 1. The summed E-state index contributed by atoms with van der Waals surface area (Å²) in [6, 6.07) is 8.78. The fraction of sp³-hybridized carbons (Fsp3) is 0.125. The Morgan fingerprint density at radius 2 is 1.74 bits per heavy atom. The SMILES string of the molecule is COc1c(F)cc(-n2c(=N)c3ccccc3n(C)c2=O)cc1F. The van der Waals surface area contributed by atoms with Crippen molar-refractivity contribution in [3.63, 3.8) is 0 Å². The first-order valence-corrected chi connectivity index (χ1v) is 6.74. The molecule has 0 unspecified atom stereocenters. The van der Waals surface area contributed by atoms with Crippen molar-refractivity contribution in [2.75, 3.05) is 7.11 Å². The molecule has 118 valence electrons. The first-order chi connectivity index (χ1) is 11.0. The molecule has 5 nitrogen and oxygen atoms in total. The van der Waals surface area contributed by atoms with Gasteiger partial charge in [-0.3, -0.25) is 9.98 Å². The lowest BCUT2D eigenvalue weighted by Crippen LogP contribution is -2.38. The van der Waals surface area contributed by atoms with Gasteiger partial charge in [-0.2, -0.15) is 0 Å². The molecule has 0 aliphatic carbocycles. The molecular weight excluding hydrogens is 304 g/mol. The number of halogens is 2. The molecule has 1 heterocycles. The van der Waals surface area contributed by atoms with Crippen molar-refractivity contribution in [2.45, 2.75) is 0 Å². The molecule has 1 aromatic heterocycles. The second-order valence-electron chi connectivity index (χ2n) is 4.99. The lowest BCUT2D eigenvalue weighted by molar-refractivity contribution is 0.359. The van der Waals surface area contributed by atoms with Gasteiger partial charge in [-0.25, -0.2) is 18.1 Å².